The monoisotopic (exact) mass is 470 g/mol. The summed E-state index contributed by atoms with van der Waals surface area (Å²) < 4.78 is 2.11. The molecule has 1 atom stereocenters. The number of carbonyl (C=O) groups excluding carboxylic acids is 1. The zero-order valence-electron chi connectivity index (χ0n) is 19.6. The Morgan fingerprint density at radius 3 is 2.29 bits per heavy atom. The number of amides is 1. The third kappa shape index (κ3) is 6.14. The predicted octanol–water partition coefficient (Wildman–Crippen LogP) is 6.38. The predicted molar refractivity (Wildman–Crippen MR) is 139 cm³/mol. The second-order valence-corrected chi connectivity index (χ2v) is 9.41. The van der Waals surface area contributed by atoms with Gasteiger partial charge in [0.25, 0.3) is 0 Å². The molecule has 5 nitrogen and oxygen atoms in total. The SMILES string of the molecule is Cc1ccc(-c2nnc(SCCCCC(=O)NC(C)c3ccccc3)n2-c2ccccc2)cc1. The molecule has 6 heteroatoms. The summed E-state index contributed by atoms with van der Waals surface area (Å²) in [5.41, 5.74) is 4.42. The van der Waals surface area contributed by atoms with Crippen LogP contribution in [0.25, 0.3) is 17.1 Å². The van der Waals surface area contributed by atoms with E-state index in [9.17, 15) is 4.79 Å². The van der Waals surface area contributed by atoms with Gasteiger partial charge in [-0.25, -0.2) is 0 Å². The van der Waals surface area contributed by atoms with Gasteiger partial charge in [-0.15, -0.1) is 10.2 Å². The van der Waals surface area contributed by atoms with Crippen molar-refractivity contribution in [3.63, 3.8) is 0 Å². The molecule has 4 aromatic rings. The molecule has 174 valence electrons. The van der Waals surface area contributed by atoms with Crippen LogP contribution in [0, 0.1) is 6.92 Å². The van der Waals surface area contributed by atoms with Crippen LogP contribution in [0.2, 0.25) is 0 Å². The van der Waals surface area contributed by atoms with E-state index in [0.29, 0.717) is 6.42 Å². The fraction of sp³-hybridized carbons (Fsp3) is 0.250. The van der Waals surface area contributed by atoms with Crippen LogP contribution in [0.15, 0.2) is 90.1 Å². The van der Waals surface area contributed by atoms with Crippen molar-refractivity contribution in [2.24, 2.45) is 0 Å². The molecule has 0 bridgehead atoms. The van der Waals surface area contributed by atoms with Crippen LogP contribution in [0.4, 0.5) is 0 Å². The molecule has 1 aromatic heterocycles. The molecule has 0 aliphatic heterocycles. The van der Waals surface area contributed by atoms with Gasteiger partial charge in [-0.2, -0.15) is 0 Å². The second kappa shape index (κ2) is 11.7. The van der Waals surface area contributed by atoms with E-state index in [1.807, 2.05) is 55.5 Å². The summed E-state index contributed by atoms with van der Waals surface area (Å²) in [6, 6.07) is 28.6. The Bertz CT molecular complexity index is 1190. The Labute approximate surface area is 205 Å². The van der Waals surface area contributed by atoms with Crippen LogP contribution in [-0.4, -0.2) is 26.4 Å². The van der Waals surface area contributed by atoms with E-state index >= 15 is 0 Å². The number of hydrogen-bond acceptors (Lipinski definition) is 4. The fourth-order valence-electron chi connectivity index (χ4n) is 3.75. The number of carbonyl (C=O) groups is 1. The smallest absolute Gasteiger partial charge is 0.220 e. The Hall–Kier alpha value is -3.38. The van der Waals surface area contributed by atoms with E-state index in [1.165, 1.54) is 5.56 Å². The maximum Gasteiger partial charge on any atom is 0.220 e. The molecule has 4 rings (SSSR count). The first-order valence-corrected chi connectivity index (χ1v) is 12.7. The topological polar surface area (TPSA) is 59.8 Å². The van der Waals surface area contributed by atoms with Crippen LogP contribution in [-0.2, 0) is 4.79 Å². The lowest BCUT2D eigenvalue weighted by molar-refractivity contribution is -0.121. The average Bonchev–Trinajstić information content (AvgIpc) is 3.29. The Morgan fingerprint density at radius 1 is 0.912 bits per heavy atom. The van der Waals surface area contributed by atoms with E-state index in [4.69, 9.17) is 0 Å². The van der Waals surface area contributed by atoms with E-state index < -0.39 is 0 Å². The van der Waals surface area contributed by atoms with E-state index in [0.717, 1.165) is 46.4 Å². The first-order valence-electron chi connectivity index (χ1n) is 11.7. The number of thioether (sulfide) groups is 1. The minimum Gasteiger partial charge on any atom is -0.350 e. The van der Waals surface area contributed by atoms with Crippen molar-refractivity contribution >= 4 is 17.7 Å². The zero-order valence-corrected chi connectivity index (χ0v) is 20.5. The van der Waals surface area contributed by atoms with Crippen molar-refractivity contribution < 1.29 is 4.79 Å². The number of benzene rings is 3. The zero-order chi connectivity index (χ0) is 23.8. The van der Waals surface area contributed by atoms with Crippen molar-refractivity contribution in [3.05, 3.63) is 96.1 Å². The summed E-state index contributed by atoms with van der Waals surface area (Å²) in [6.45, 7) is 4.10. The Morgan fingerprint density at radius 2 is 1.59 bits per heavy atom. The van der Waals surface area contributed by atoms with Crippen LogP contribution in [0.5, 0.6) is 0 Å². The van der Waals surface area contributed by atoms with Gasteiger partial charge in [-0.1, -0.05) is 90.1 Å². The van der Waals surface area contributed by atoms with Crippen molar-refractivity contribution in [1.29, 1.82) is 0 Å². The summed E-state index contributed by atoms with van der Waals surface area (Å²) in [5, 5.41) is 13.0. The number of aromatic nitrogens is 3. The molecule has 1 N–H and O–H groups in total. The van der Waals surface area contributed by atoms with Crippen molar-refractivity contribution in [3.8, 4) is 17.1 Å². The van der Waals surface area contributed by atoms with Crippen LogP contribution in [0.1, 0.15) is 43.4 Å². The first kappa shape index (κ1) is 23.8. The van der Waals surface area contributed by atoms with Crippen LogP contribution < -0.4 is 5.32 Å². The van der Waals surface area contributed by atoms with Gasteiger partial charge in [0, 0.05) is 23.4 Å². The molecule has 0 fully saturated rings. The quantitative estimate of drug-likeness (QED) is 0.216. The molecule has 34 heavy (non-hydrogen) atoms. The summed E-state index contributed by atoms with van der Waals surface area (Å²) in [5.74, 6) is 1.80. The van der Waals surface area contributed by atoms with E-state index in [-0.39, 0.29) is 11.9 Å². The van der Waals surface area contributed by atoms with E-state index in [1.54, 1.807) is 11.8 Å². The van der Waals surface area contributed by atoms with Gasteiger partial charge in [-0.05, 0) is 44.4 Å². The molecule has 1 amide bonds. The lowest BCUT2D eigenvalue weighted by Gasteiger charge is -2.14. The van der Waals surface area contributed by atoms with E-state index in [2.05, 4.69) is 63.4 Å². The molecule has 0 saturated heterocycles. The molecule has 0 aliphatic rings. The number of hydrogen-bond donors (Lipinski definition) is 1. The maximum atomic E-state index is 12.3. The third-order valence-corrected chi connectivity index (χ3v) is 6.68. The summed E-state index contributed by atoms with van der Waals surface area (Å²) in [4.78, 5) is 12.3. The van der Waals surface area contributed by atoms with Gasteiger partial charge in [0.2, 0.25) is 5.91 Å². The van der Waals surface area contributed by atoms with Gasteiger partial charge in [-0.3, -0.25) is 9.36 Å². The summed E-state index contributed by atoms with van der Waals surface area (Å²) in [6.07, 6.45) is 2.29. The van der Waals surface area contributed by atoms with Crippen molar-refractivity contribution in [2.45, 2.75) is 44.3 Å². The molecule has 0 aliphatic carbocycles. The lowest BCUT2D eigenvalue weighted by Crippen LogP contribution is -2.26. The Kier molecular flexibility index (Phi) is 8.15. The number of aryl methyl sites for hydroxylation is 1. The van der Waals surface area contributed by atoms with Gasteiger partial charge in [0.1, 0.15) is 0 Å². The number of nitrogens with zero attached hydrogens (tertiary/aromatic N) is 3. The fourth-order valence-corrected chi connectivity index (χ4v) is 4.70. The summed E-state index contributed by atoms with van der Waals surface area (Å²) >= 11 is 1.68. The molecular weight excluding hydrogens is 440 g/mol. The third-order valence-electron chi connectivity index (χ3n) is 5.66. The highest BCUT2D eigenvalue weighted by molar-refractivity contribution is 7.99. The molecule has 0 spiro atoms. The van der Waals surface area contributed by atoms with Crippen molar-refractivity contribution in [2.75, 3.05) is 5.75 Å². The molecule has 0 saturated carbocycles. The largest absolute Gasteiger partial charge is 0.350 e. The van der Waals surface area contributed by atoms with Gasteiger partial charge in [0.15, 0.2) is 11.0 Å². The number of para-hydroxylation sites is 1. The number of nitrogens with one attached hydrogen (secondary N) is 1. The number of unbranched alkanes of at least 4 members (excludes halogenated alkanes) is 1. The molecule has 3 aromatic carbocycles. The maximum absolute atomic E-state index is 12.3. The highest BCUT2D eigenvalue weighted by Gasteiger charge is 2.16. The van der Waals surface area contributed by atoms with Crippen molar-refractivity contribution in [1.82, 2.24) is 20.1 Å². The second-order valence-electron chi connectivity index (χ2n) is 8.35. The highest BCUT2D eigenvalue weighted by Crippen LogP contribution is 2.28. The number of rotatable bonds is 10. The Balaban J connectivity index is 1.34. The van der Waals surface area contributed by atoms with Gasteiger partial charge < -0.3 is 5.32 Å². The standard InChI is InChI=1S/C28H30N4OS/c1-21-16-18-24(19-17-21)27-30-31-28(32(27)25-13-7-4-8-14-25)34-20-10-9-15-26(33)29-22(2)23-11-5-3-6-12-23/h3-8,11-14,16-19,22H,9-10,15,20H2,1-2H3,(H,29,33). The normalized spacial score (nSPS) is 11.8. The average molecular weight is 471 g/mol. The molecule has 0 radical (unpaired) electrons. The van der Waals surface area contributed by atoms with Crippen LogP contribution >= 0.6 is 11.8 Å². The first-order chi connectivity index (χ1) is 16.6. The minimum absolute atomic E-state index is 0.0210. The molecular formula is C28H30N4OS. The minimum atomic E-state index is 0.0210. The van der Waals surface area contributed by atoms with Gasteiger partial charge in [0.05, 0.1) is 6.04 Å². The van der Waals surface area contributed by atoms with Gasteiger partial charge >= 0.3 is 0 Å². The summed E-state index contributed by atoms with van der Waals surface area (Å²) in [7, 11) is 0. The highest BCUT2D eigenvalue weighted by atomic mass is 32.2. The lowest BCUT2D eigenvalue weighted by atomic mass is 10.1. The molecule has 1 heterocycles. The molecule has 1 unspecified atom stereocenters. The van der Waals surface area contributed by atoms with Crippen LogP contribution in [0.3, 0.4) is 0 Å².